The highest BCUT2D eigenvalue weighted by atomic mass is 35.5. The van der Waals surface area contributed by atoms with Crippen LogP contribution >= 0.6 is 11.6 Å². The fraction of sp³-hybridized carbons (Fsp3) is 0.227. The Labute approximate surface area is 192 Å². The average molecular weight is 463 g/mol. The van der Waals surface area contributed by atoms with Gasteiger partial charge in [0.05, 0.1) is 18.8 Å². The molecule has 3 aromatic heterocycles. The summed E-state index contributed by atoms with van der Waals surface area (Å²) >= 11 is 6.14. The summed E-state index contributed by atoms with van der Waals surface area (Å²) in [4.78, 5) is 29.4. The van der Waals surface area contributed by atoms with Crippen LogP contribution < -0.4 is 21.7 Å². The number of anilines is 1. The lowest BCUT2D eigenvalue weighted by atomic mass is 10.1. The summed E-state index contributed by atoms with van der Waals surface area (Å²) in [6.07, 6.45) is 5.03. The molecule has 33 heavy (non-hydrogen) atoms. The van der Waals surface area contributed by atoms with Gasteiger partial charge in [0, 0.05) is 16.3 Å². The van der Waals surface area contributed by atoms with Crippen molar-refractivity contribution in [2.75, 3.05) is 5.32 Å². The lowest BCUT2D eigenvalue weighted by Crippen LogP contribution is -2.22. The maximum absolute atomic E-state index is 11.5. The van der Waals surface area contributed by atoms with E-state index in [0.29, 0.717) is 27.2 Å². The van der Waals surface area contributed by atoms with Crippen LogP contribution in [0.3, 0.4) is 0 Å². The Kier molecular flexibility index (Phi) is 5.11. The maximum Gasteiger partial charge on any atom is 0.326 e. The second kappa shape index (κ2) is 8.11. The topological polar surface area (TPSA) is 128 Å². The molecule has 0 radical (unpaired) electrons. The summed E-state index contributed by atoms with van der Waals surface area (Å²) in [6.45, 7) is 9.76. The minimum absolute atomic E-state index is 0.149. The van der Waals surface area contributed by atoms with Gasteiger partial charge in [0.2, 0.25) is 5.88 Å². The molecule has 1 aromatic carbocycles. The zero-order valence-electron chi connectivity index (χ0n) is 17.5. The highest BCUT2D eigenvalue weighted by Gasteiger charge is 2.23. The first-order valence-corrected chi connectivity index (χ1v) is 10.7. The van der Waals surface area contributed by atoms with Gasteiger partial charge in [-0.05, 0) is 43.5 Å². The molecule has 1 atom stereocenters. The number of benzene rings is 1. The molecule has 1 aliphatic carbocycles. The summed E-state index contributed by atoms with van der Waals surface area (Å²) in [6, 6.07) is 7.43. The molecule has 0 bridgehead atoms. The SMILES string of the molecule is [C-]#[N+]c1c(N[C@H](C)c2cccc(Cl)c2)nc2/c(=C\c3[nH]c(=O)[nH]c3O)cnn2c1=NC1CC1. The zero-order chi connectivity index (χ0) is 23.1. The third-order valence-electron chi connectivity index (χ3n) is 5.33. The standard InChI is InChI=1S/C22H19ClN8O2/c1-11(12-4-3-5-14(23)8-12)26-18-17(24-2)20(27-15-6-7-15)31-19(29-18)13(10-25-31)9-16-21(32)30-22(33)28-16/h3-5,8-11,15,26,32H,6-7H2,1H3,(H2,28,30,33)/b13-9-,27-20?/t11-/m1/s1. The van der Waals surface area contributed by atoms with Crippen LogP contribution in [-0.4, -0.2) is 35.7 Å². The van der Waals surface area contributed by atoms with Gasteiger partial charge >= 0.3 is 5.69 Å². The van der Waals surface area contributed by atoms with Gasteiger partial charge in [0.25, 0.3) is 5.69 Å². The quantitative estimate of drug-likeness (QED) is 0.339. The normalized spacial score (nSPS) is 15.7. The maximum atomic E-state index is 11.5. The Bertz CT molecular complexity index is 1590. The van der Waals surface area contributed by atoms with Gasteiger partial charge in [0.1, 0.15) is 11.5 Å². The van der Waals surface area contributed by atoms with E-state index in [-0.39, 0.29) is 29.3 Å². The van der Waals surface area contributed by atoms with Crippen molar-refractivity contribution in [1.82, 2.24) is 24.6 Å². The lowest BCUT2D eigenvalue weighted by Gasteiger charge is -2.17. The van der Waals surface area contributed by atoms with E-state index >= 15 is 0 Å². The van der Waals surface area contributed by atoms with Gasteiger partial charge in [0.15, 0.2) is 11.1 Å². The van der Waals surface area contributed by atoms with E-state index in [2.05, 4.69) is 30.2 Å². The number of aromatic nitrogens is 5. The van der Waals surface area contributed by atoms with Crippen LogP contribution in [0.4, 0.5) is 11.5 Å². The van der Waals surface area contributed by atoms with Crippen LogP contribution in [0.15, 0.2) is 40.2 Å². The van der Waals surface area contributed by atoms with Crippen LogP contribution in [0, 0.1) is 6.57 Å². The van der Waals surface area contributed by atoms with Gasteiger partial charge in [-0.15, -0.1) is 0 Å². The molecule has 1 fully saturated rings. The summed E-state index contributed by atoms with van der Waals surface area (Å²) in [7, 11) is 0. The number of nitrogens with one attached hydrogen (secondary N) is 3. The molecule has 5 rings (SSSR count). The summed E-state index contributed by atoms with van der Waals surface area (Å²) in [5, 5.41) is 18.8. The van der Waals surface area contributed by atoms with Crippen LogP contribution in [0.2, 0.25) is 5.02 Å². The molecule has 1 aliphatic rings. The van der Waals surface area contributed by atoms with E-state index in [1.165, 1.54) is 4.52 Å². The summed E-state index contributed by atoms with van der Waals surface area (Å²) in [5.74, 6) is 0.0826. The fourth-order valence-corrected chi connectivity index (χ4v) is 3.70. The first-order chi connectivity index (χ1) is 15.9. The number of fused-ring (bicyclic) bond motifs is 1. The van der Waals surface area contributed by atoms with E-state index in [1.54, 1.807) is 18.3 Å². The number of imidazole rings is 1. The molecule has 0 saturated heterocycles. The number of nitrogens with zero attached hydrogens (tertiary/aromatic N) is 5. The molecule has 0 aliphatic heterocycles. The van der Waals surface area contributed by atoms with Crippen LogP contribution in [0.1, 0.15) is 37.1 Å². The second-order valence-corrected chi connectivity index (χ2v) is 8.28. The van der Waals surface area contributed by atoms with Gasteiger partial charge in [-0.2, -0.15) is 5.10 Å². The predicted octanol–water partition coefficient (Wildman–Crippen LogP) is 2.44. The Morgan fingerprint density at radius 1 is 1.42 bits per heavy atom. The van der Waals surface area contributed by atoms with Gasteiger partial charge in [-0.1, -0.05) is 23.7 Å². The van der Waals surface area contributed by atoms with Crippen molar-refractivity contribution >= 4 is 34.8 Å². The summed E-state index contributed by atoms with van der Waals surface area (Å²) < 4.78 is 1.52. The Morgan fingerprint density at radius 2 is 2.24 bits per heavy atom. The molecule has 1 saturated carbocycles. The molecule has 10 nitrogen and oxygen atoms in total. The number of hydrogen-bond acceptors (Lipinski definition) is 6. The number of rotatable bonds is 5. The molecular formula is C22H19ClN8O2. The number of hydrogen-bond donors (Lipinski definition) is 4. The molecule has 0 unspecified atom stereocenters. The van der Waals surface area contributed by atoms with Crippen LogP contribution in [-0.2, 0) is 0 Å². The average Bonchev–Trinajstić information content (AvgIpc) is 3.43. The Morgan fingerprint density at radius 3 is 2.91 bits per heavy atom. The number of H-pyrrole nitrogens is 2. The Balaban J connectivity index is 1.70. The number of aromatic hydroxyl groups is 1. The lowest BCUT2D eigenvalue weighted by molar-refractivity contribution is 0.454. The van der Waals surface area contributed by atoms with Crippen molar-refractivity contribution in [1.29, 1.82) is 0 Å². The van der Waals surface area contributed by atoms with E-state index in [0.717, 1.165) is 18.4 Å². The van der Waals surface area contributed by atoms with Gasteiger partial charge < -0.3 is 15.4 Å². The summed E-state index contributed by atoms with van der Waals surface area (Å²) in [5.41, 5.74) is 1.74. The van der Waals surface area contributed by atoms with Crippen molar-refractivity contribution in [2.24, 2.45) is 4.99 Å². The van der Waals surface area contributed by atoms with E-state index in [1.807, 2.05) is 25.1 Å². The van der Waals surface area contributed by atoms with Crippen molar-refractivity contribution in [3.05, 3.63) is 79.4 Å². The Hall–Kier alpha value is -4.10. The van der Waals surface area contributed by atoms with E-state index in [4.69, 9.17) is 23.2 Å². The molecule has 0 spiro atoms. The smallest absolute Gasteiger partial charge is 0.326 e. The zero-order valence-corrected chi connectivity index (χ0v) is 18.3. The van der Waals surface area contributed by atoms with Gasteiger partial charge in [-0.25, -0.2) is 19.1 Å². The van der Waals surface area contributed by atoms with Crippen LogP contribution in [0.25, 0.3) is 16.6 Å². The third-order valence-corrected chi connectivity index (χ3v) is 5.56. The molecule has 11 heteroatoms. The van der Waals surface area contributed by atoms with E-state index in [9.17, 15) is 9.90 Å². The van der Waals surface area contributed by atoms with Crippen molar-refractivity contribution in [2.45, 2.75) is 31.8 Å². The van der Waals surface area contributed by atoms with Crippen molar-refractivity contribution in [3.8, 4) is 5.88 Å². The highest BCUT2D eigenvalue weighted by Crippen LogP contribution is 2.27. The largest absolute Gasteiger partial charge is 0.493 e. The van der Waals surface area contributed by atoms with Crippen LogP contribution in [0.5, 0.6) is 5.88 Å². The van der Waals surface area contributed by atoms with Crippen molar-refractivity contribution in [3.63, 3.8) is 0 Å². The molecule has 4 N–H and O–H groups in total. The first kappa shape index (κ1) is 20.8. The first-order valence-electron chi connectivity index (χ1n) is 10.3. The number of aromatic amines is 2. The fourth-order valence-electron chi connectivity index (χ4n) is 3.50. The predicted molar refractivity (Wildman–Crippen MR) is 123 cm³/mol. The number of halogens is 1. The third kappa shape index (κ3) is 4.06. The van der Waals surface area contributed by atoms with Crippen molar-refractivity contribution < 1.29 is 5.11 Å². The molecule has 3 heterocycles. The molecular weight excluding hydrogens is 444 g/mol. The molecule has 0 amide bonds. The minimum atomic E-state index is -0.527. The molecule has 166 valence electrons. The second-order valence-electron chi connectivity index (χ2n) is 7.85. The minimum Gasteiger partial charge on any atom is -0.493 e. The van der Waals surface area contributed by atoms with Gasteiger partial charge in [-0.3, -0.25) is 9.98 Å². The van der Waals surface area contributed by atoms with E-state index < -0.39 is 5.69 Å². The highest BCUT2D eigenvalue weighted by molar-refractivity contribution is 6.30. The molecule has 4 aromatic rings. The monoisotopic (exact) mass is 462 g/mol.